The van der Waals surface area contributed by atoms with Crippen molar-refractivity contribution in [2.24, 2.45) is 5.11 Å². The maximum atomic E-state index is 12.4. The molecule has 0 spiro atoms. The van der Waals surface area contributed by atoms with Crippen LogP contribution in [-0.2, 0) is 4.79 Å². The van der Waals surface area contributed by atoms with Gasteiger partial charge in [-0.3, -0.25) is 4.79 Å². The molecule has 0 saturated carbocycles. The van der Waals surface area contributed by atoms with Crippen LogP contribution in [0.25, 0.3) is 10.4 Å². The summed E-state index contributed by atoms with van der Waals surface area (Å²) in [6, 6.07) is 11.8. The van der Waals surface area contributed by atoms with E-state index < -0.39 is 18.1 Å². The highest BCUT2D eigenvalue weighted by Crippen LogP contribution is 2.41. The Hall–Kier alpha value is -3.51. The molecule has 0 aromatic heterocycles. The Kier molecular flexibility index (Phi) is 4.28. The minimum absolute atomic E-state index is 0.129. The van der Waals surface area contributed by atoms with E-state index in [0.29, 0.717) is 11.4 Å². The highest BCUT2D eigenvalue weighted by atomic mass is 16.5. The van der Waals surface area contributed by atoms with Crippen molar-refractivity contribution in [2.45, 2.75) is 12.1 Å². The van der Waals surface area contributed by atoms with Crippen molar-refractivity contribution in [2.75, 3.05) is 12.0 Å². The molecule has 8 nitrogen and oxygen atoms in total. The summed E-state index contributed by atoms with van der Waals surface area (Å²) in [6.07, 6.45) is 0. The molecule has 8 heteroatoms. The molecule has 1 aliphatic rings. The van der Waals surface area contributed by atoms with E-state index in [-0.39, 0.29) is 11.5 Å². The number of β-lactam (4-membered cyclic amide) rings is 1. The number of methoxy groups -OCH3 is 1. The van der Waals surface area contributed by atoms with E-state index in [9.17, 15) is 9.59 Å². The predicted octanol–water partition coefficient (Wildman–Crippen LogP) is 3.16. The summed E-state index contributed by atoms with van der Waals surface area (Å²) in [5.74, 6) is -0.700. The Morgan fingerprint density at radius 1 is 1.20 bits per heavy atom. The van der Waals surface area contributed by atoms with E-state index in [1.807, 2.05) is 0 Å². The molecule has 1 saturated heterocycles. The lowest BCUT2D eigenvalue weighted by atomic mass is 9.88. The minimum Gasteiger partial charge on any atom is -0.497 e. The van der Waals surface area contributed by atoms with Crippen LogP contribution in [0.1, 0.15) is 22.0 Å². The predicted molar refractivity (Wildman–Crippen MR) is 89.6 cm³/mol. The molecule has 1 N–H and O–H groups in total. The van der Waals surface area contributed by atoms with Crippen LogP contribution >= 0.6 is 0 Å². The summed E-state index contributed by atoms with van der Waals surface area (Å²) in [6.45, 7) is 0. The molecule has 0 aliphatic carbocycles. The van der Waals surface area contributed by atoms with Gasteiger partial charge in [0.15, 0.2) is 0 Å². The summed E-state index contributed by atoms with van der Waals surface area (Å²) >= 11 is 0. The molecule has 2 aromatic rings. The molecular formula is C17H14N4O4. The lowest BCUT2D eigenvalue weighted by molar-refractivity contribution is -0.126. The molecule has 1 fully saturated rings. The number of carbonyl (C=O) groups excluding carboxylic acids is 1. The number of ether oxygens (including phenoxy) is 1. The summed E-state index contributed by atoms with van der Waals surface area (Å²) in [5, 5.41) is 12.6. The summed E-state index contributed by atoms with van der Waals surface area (Å²) < 4.78 is 5.12. The van der Waals surface area contributed by atoms with Crippen LogP contribution < -0.4 is 9.64 Å². The largest absolute Gasteiger partial charge is 0.497 e. The first-order valence-electron chi connectivity index (χ1n) is 7.41. The van der Waals surface area contributed by atoms with Gasteiger partial charge in [0, 0.05) is 10.6 Å². The average Bonchev–Trinajstić information content (AvgIpc) is 2.64. The molecule has 0 radical (unpaired) electrons. The molecule has 1 aliphatic heterocycles. The van der Waals surface area contributed by atoms with Gasteiger partial charge in [0.1, 0.15) is 11.8 Å². The van der Waals surface area contributed by atoms with Crippen LogP contribution in [0.5, 0.6) is 5.75 Å². The van der Waals surface area contributed by atoms with Gasteiger partial charge < -0.3 is 14.7 Å². The van der Waals surface area contributed by atoms with E-state index in [4.69, 9.17) is 15.4 Å². The van der Waals surface area contributed by atoms with Crippen molar-refractivity contribution in [3.05, 3.63) is 70.1 Å². The van der Waals surface area contributed by atoms with Gasteiger partial charge in [-0.15, -0.1) is 0 Å². The topological polar surface area (TPSA) is 116 Å². The second-order valence-electron chi connectivity index (χ2n) is 5.43. The zero-order valence-electron chi connectivity index (χ0n) is 13.2. The van der Waals surface area contributed by atoms with Gasteiger partial charge in [-0.05, 0) is 47.5 Å². The SMILES string of the molecule is COc1ccc(C2C(N=[N+]=[N-])C(=O)N2c2ccc(C(=O)O)cc2)cc1. The van der Waals surface area contributed by atoms with Gasteiger partial charge in [-0.25, -0.2) is 4.79 Å². The van der Waals surface area contributed by atoms with E-state index in [1.165, 1.54) is 17.0 Å². The number of carbonyl (C=O) groups is 2. The number of hydrogen-bond donors (Lipinski definition) is 1. The molecule has 25 heavy (non-hydrogen) atoms. The standard InChI is InChI=1S/C17H14N4O4/c1-25-13-8-4-10(5-9-13)15-14(19-20-18)16(22)21(15)12-6-2-11(3-7-12)17(23)24/h2-9,14-15H,1H3,(H,23,24). The first kappa shape index (κ1) is 16.4. The highest BCUT2D eigenvalue weighted by Gasteiger charge is 2.48. The number of hydrogen-bond acceptors (Lipinski definition) is 4. The van der Waals surface area contributed by atoms with Crippen LogP contribution in [0.4, 0.5) is 5.69 Å². The number of anilines is 1. The van der Waals surface area contributed by atoms with Crippen molar-refractivity contribution in [1.82, 2.24) is 0 Å². The summed E-state index contributed by atoms with van der Waals surface area (Å²) in [7, 11) is 1.56. The van der Waals surface area contributed by atoms with Crippen LogP contribution in [-0.4, -0.2) is 30.1 Å². The molecule has 2 aromatic carbocycles. The molecule has 1 amide bonds. The smallest absolute Gasteiger partial charge is 0.335 e. The molecule has 126 valence electrons. The van der Waals surface area contributed by atoms with Crippen LogP contribution in [0.2, 0.25) is 0 Å². The van der Waals surface area contributed by atoms with E-state index in [1.54, 1.807) is 43.5 Å². The Balaban J connectivity index is 1.96. The van der Waals surface area contributed by atoms with Crippen molar-refractivity contribution in [3.8, 4) is 5.75 Å². The number of aromatic carboxylic acids is 1. The summed E-state index contributed by atoms with van der Waals surface area (Å²) in [5.41, 5.74) is 10.2. The number of azide groups is 1. The van der Waals surface area contributed by atoms with Crippen LogP contribution in [0.15, 0.2) is 53.6 Å². The van der Waals surface area contributed by atoms with Gasteiger partial charge in [-0.2, -0.15) is 0 Å². The van der Waals surface area contributed by atoms with E-state index >= 15 is 0 Å². The third kappa shape index (κ3) is 2.86. The third-order valence-electron chi connectivity index (χ3n) is 4.09. The average molecular weight is 338 g/mol. The van der Waals surface area contributed by atoms with E-state index in [0.717, 1.165) is 5.56 Å². The Labute approximate surface area is 142 Å². The maximum Gasteiger partial charge on any atom is 0.335 e. The maximum absolute atomic E-state index is 12.4. The number of rotatable bonds is 5. The fourth-order valence-corrected chi connectivity index (χ4v) is 2.83. The number of benzene rings is 2. The number of amides is 1. The monoisotopic (exact) mass is 338 g/mol. The Morgan fingerprint density at radius 2 is 1.84 bits per heavy atom. The number of carboxylic acids is 1. The van der Waals surface area contributed by atoms with Crippen molar-refractivity contribution < 1.29 is 19.4 Å². The third-order valence-corrected chi connectivity index (χ3v) is 4.09. The molecular weight excluding hydrogens is 324 g/mol. The molecule has 2 unspecified atom stereocenters. The normalized spacial score (nSPS) is 18.9. The van der Waals surface area contributed by atoms with Gasteiger partial charge in [0.25, 0.3) is 0 Å². The quantitative estimate of drug-likeness (QED) is 0.390. The lowest BCUT2D eigenvalue weighted by Gasteiger charge is -2.45. The number of nitrogens with zero attached hydrogens (tertiary/aromatic N) is 4. The Morgan fingerprint density at radius 3 is 2.36 bits per heavy atom. The van der Waals surface area contributed by atoms with Gasteiger partial charge in [0.05, 0.1) is 18.7 Å². The first-order valence-corrected chi connectivity index (χ1v) is 7.41. The zero-order chi connectivity index (χ0) is 18.0. The van der Waals surface area contributed by atoms with Crippen LogP contribution in [0.3, 0.4) is 0 Å². The minimum atomic E-state index is -1.04. The number of carboxylic acid groups (broad SMARTS) is 1. The Bertz CT molecular complexity index is 857. The summed E-state index contributed by atoms with van der Waals surface area (Å²) in [4.78, 5) is 27.6. The van der Waals surface area contributed by atoms with Gasteiger partial charge in [0.2, 0.25) is 5.91 Å². The molecule has 0 bridgehead atoms. The lowest BCUT2D eigenvalue weighted by Crippen LogP contribution is -2.58. The molecule has 2 atom stereocenters. The second kappa shape index (κ2) is 6.54. The van der Waals surface area contributed by atoms with Crippen molar-refractivity contribution in [1.29, 1.82) is 0 Å². The zero-order valence-corrected chi connectivity index (χ0v) is 13.2. The van der Waals surface area contributed by atoms with Crippen molar-refractivity contribution in [3.63, 3.8) is 0 Å². The molecule has 3 rings (SSSR count). The van der Waals surface area contributed by atoms with Gasteiger partial charge in [-0.1, -0.05) is 17.2 Å². The van der Waals surface area contributed by atoms with Crippen LogP contribution in [0, 0.1) is 0 Å². The fraction of sp³-hybridized carbons (Fsp3) is 0.176. The van der Waals surface area contributed by atoms with Crippen molar-refractivity contribution >= 4 is 17.6 Å². The second-order valence-corrected chi connectivity index (χ2v) is 5.43. The van der Waals surface area contributed by atoms with Gasteiger partial charge >= 0.3 is 5.97 Å². The van der Waals surface area contributed by atoms with E-state index in [2.05, 4.69) is 10.0 Å². The molecule has 1 heterocycles. The highest BCUT2D eigenvalue weighted by molar-refractivity contribution is 6.06. The fourth-order valence-electron chi connectivity index (χ4n) is 2.83. The first-order chi connectivity index (χ1) is 12.1.